The normalized spacial score (nSPS) is 33.8. The molecule has 1 fully saturated rings. The average Bonchev–Trinajstić information content (AvgIpc) is 1.86. The van der Waals surface area contributed by atoms with E-state index in [0.717, 1.165) is 19.4 Å². The lowest BCUT2D eigenvalue weighted by molar-refractivity contribution is 0.212. The standard InChI is InChI=1S/C9H20N2/c1-9(2,3)8-6-7(10)4-5-11-8/h7-8,11H,4-6,10H2,1-3H3. The van der Waals surface area contributed by atoms with Gasteiger partial charge in [0.25, 0.3) is 0 Å². The van der Waals surface area contributed by atoms with E-state index in [4.69, 9.17) is 5.73 Å². The Balaban J connectivity index is 2.46. The van der Waals surface area contributed by atoms with Crippen LogP contribution in [0.25, 0.3) is 0 Å². The van der Waals surface area contributed by atoms with Gasteiger partial charge in [-0.15, -0.1) is 0 Å². The Bertz CT molecular complexity index is 126. The molecule has 66 valence electrons. The summed E-state index contributed by atoms with van der Waals surface area (Å²) in [6.45, 7) is 7.89. The zero-order valence-corrected chi connectivity index (χ0v) is 7.85. The van der Waals surface area contributed by atoms with Crippen molar-refractivity contribution in [1.82, 2.24) is 5.32 Å². The lowest BCUT2D eigenvalue weighted by atomic mass is 9.81. The maximum absolute atomic E-state index is 5.88. The molecule has 0 radical (unpaired) electrons. The molecular weight excluding hydrogens is 136 g/mol. The molecule has 1 heterocycles. The molecule has 0 bridgehead atoms. The van der Waals surface area contributed by atoms with Gasteiger partial charge in [-0.3, -0.25) is 0 Å². The molecule has 0 aromatic heterocycles. The second-order valence-corrected chi connectivity index (χ2v) is 4.66. The van der Waals surface area contributed by atoms with Gasteiger partial charge in [0.1, 0.15) is 0 Å². The molecule has 2 heteroatoms. The van der Waals surface area contributed by atoms with Crippen molar-refractivity contribution in [1.29, 1.82) is 0 Å². The predicted octanol–water partition coefficient (Wildman–Crippen LogP) is 1.11. The maximum atomic E-state index is 5.88. The Hall–Kier alpha value is -0.0800. The number of hydrogen-bond donors (Lipinski definition) is 2. The largest absolute Gasteiger partial charge is 0.328 e. The van der Waals surface area contributed by atoms with Gasteiger partial charge in [0, 0.05) is 12.1 Å². The van der Waals surface area contributed by atoms with Gasteiger partial charge in [-0.2, -0.15) is 0 Å². The molecule has 2 atom stereocenters. The molecule has 0 aromatic rings. The summed E-state index contributed by atoms with van der Waals surface area (Å²) in [5, 5.41) is 3.51. The summed E-state index contributed by atoms with van der Waals surface area (Å²) < 4.78 is 0. The second-order valence-electron chi connectivity index (χ2n) is 4.66. The number of piperidine rings is 1. The van der Waals surface area contributed by atoms with E-state index in [2.05, 4.69) is 26.1 Å². The fourth-order valence-electron chi connectivity index (χ4n) is 1.61. The minimum atomic E-state index is 0.359. The van der Waals surface area contributed by atoms with Crippen LogP contribution in [0.3, 0.4) is 0 Å². The Morgan fingerprint density at radius 1 is 1.36 bits per heavy atom. The third-order valence-corrected chi connectivity index (χ3v) is 2.49. The van der Waals surface area contributed by atoms with Crippen molar-refractivity contribution in [3.63, 3.8) is 0 Å². The van der Waals surface area contributed by atoms with Crippen LogP contribution in [0.5, 0.6) is 0 Å². The molecule has 1 rings (SSSR count). The monoisotopic (exact) mass is 156 g/mol. The highest BCUT2D eigenvalue weighted by Crippen LogP contribution is 2.25. The Morgan fingerprint density at radius 3 is 2.36 bits per heavy atom. The summed E-state index contributed by atoms with van der Waals surface area (Å²) in [5.41, 5.74) is 6.24. The SMILES string of the molecule is CC(C)(C)C1CC(N)CCN1. The van der Waals surface area contributed by atoms with E-state index in [1.165, 1.54) is 0 Å². The molecule has 0 saturated carbocycles. The van der Waals surface area contributed by atoms with E-state index < -0.39 is 0 Å². The van der Waals surface area contributed by atoms with Gasteiger partial charge in [0.2, 0.25) is 0 Å². The molecule has 1 saturated heterocycles. The van der Waals surface area contributed by atoms with Crippen molar-refractivity contribution in [2.45, 2.75) is 45.7 Å². The molecule has 1 aliphatic heterocycles. The molecule has 3 N–H and O–H groups in total. The summed E-state index contributed by atoms with van der Waals surface area (Å²) in [5.74, 6) is 0. The summed E-state index contributed by atoms with van der Waals surface area (Å²) in [6.07, 6.45) is 2.26. The zero-order chi connectivity index (χ0) is 8.48. The minimum Gasteiger partial charge on any atom is -0.328 e. The summed E-state index contributed by atoms with van der Waals surface area (Å²) in [4.78, 5) is 0. The highest BCUT2D eigenvalue weighted by molar-refractivity contribution is 4.87. The lowest BCUT2D eigenvalue weighted by Gasteiger charge is -2.37. The van der Waals surface area contributed by atoms with Crippen molar-refractivity contribution in [2.24, 2.45) is 11.1 Å². The van der Waals surface area contributed by atoms with E-state index in [1.807, 2.05) is 0 Å². The summed E-state index contributed by atoms with van der Waals surface area (Å²) >= 11 is 0. The van der Waals surface area contributed by atoms with E-state index in [9.17, 15) is 0 Å². The fourth-order valence-corrected chi connectivity index (χ4v) is 1.61. The molecule has 2 unspecified atom stereocenters. The van der Waals surface area contributed by atoms with Crippen molar-refractivity contribution in [3.05, 3.63) is 0 Å². The van der Waals surface area contributed by atoms with E-state index in [0.29, 0.717) is 17.5 Å². The van der Waals surface area contributed by atoms with Crippen LogP contribution < -0.4 is 11.1 Å². The quantitative estimate of drug-likeness (QED) is 0.551. The molecule has 11 heavy (non-hydrogen) atoms. The van der Waals surface area contributed by atoms with Gasteiger partial charge >= 0.3 is 0 Å². The van der Waals surface area contributed by atoms with Crippen LogP contribution >= 0.6 is 0 Å². The second kappa shape index (κ2) is 3.11. The van der Waals surface area contributed by atoms with Gasteiger partial charge in [-0.25, -0.2) is 0 Å². The summed E-state index contributed by atoms with van der Waals surface area (Å²) in [6, 6.07) is 1.02. The Kier molecular flexibility index (Phi) is 2.55. The first-order valence-electron chi connectivity index (χ1n) is 4.49. The van der Waals surface area contributed by atoms with E-state index in [-0.39, 0.29) is 0 Å². The number of nitrogens with two attached hydrogens (primary N) is 1. The van der Waals surface area contributed by atoms with Gasteiger partial charge in [-0.05, 0) is 24.8 Å². The van der Waals surface area contributed by atoms with Crippen LogP contribution in [-0.4, -0.2) is 18.6 Å². The topological polar surface area (TPSA) is 38.0 Å². The third kappa shape index (κ3) is 2.46. The van der Waals surface area contributed by atoms with Gasteiger partial charge in [0.05, 0.1) is 0 Å². The molecular formula is C9H20N2. The lowest BCUT2D eigenvalue weighted by Crippen LogP contribution is -2.49. The number of hydrogen-bond acceptors (Lipinski definition) is 2. The first-order valence-corrected chi connectivity index (χ1v) is 4.49. The first-order chi connectivity index (χ1) is 5.00. The zero-order valence-electron chi connectivity index (χ0n) is 7.85. The highest BCUT2D eigenvalue weighted by atomic mass is 15.0. The average molecular weight is 156 g/mol. The molecule has 0 aliphatic carbocycles. The van der Waals surface area contributed by atoms with Crippen LogP contribution in [0.4, 0.5) is 0 Å². The molecule has 0 spiro atoms. The predicted molar refractivity (Wildman–Crippen MR) is 48.5 cm³/mol. The maximum Gasteiger partial charge on any atom is 0.0130 e. The Morgan fingerprint density at radius 2 is 2.00 bits per heavy atom. The van der Waals surface area contributed by atoms with Crippen LogP contribution in [0.2, 0.25) is 0 Å². The number of rotatable bonds is 0. The van der Waals surface area contributed by atoms with Crippen LogP contribution in [0.15, 0.2) is 0 Å². The van der Waals surface area contributed by atoms with Crippen molar-refractivity contribution in [3.8, 4) is 0 Å². The molecule has 0 amide bonds. The van der Waals surface area contributed by atoms with Crippen molar-refractivity contribution >= 4 is 0 Å². The number of nitrogens with one attached hydrogen (secondary N) is 1. The van der Waals surface area contributed by atoms with Gasteiger partial charge < -0.3 is 11.1 Å². The van der Waals surface area contributed by atoms with E-state index in [1.54, 1.807) is 0 Å². The first kappa shape index (κ1) is 9.01. The van der Waals surface area contributed by atoms with Crippen molar-refractivity contribution in [2.75, 3.05) is 6.54 Å². The smallest absolute Gasteiger partial charge is 0.0130 e. The minimum absolute atomic E-state index is 0.359. The molecule has 0 aromatic carbocycles. The Labute approximate surface area is 69.5 Å². The summed E-state index contributed by atoms with van der Waals surface area (Å²) in [7, 11) is 0. The van der Waals surface area contributed by atoms with Crippen LogP contribution in [0.1, 0.15) is 33.6 Å². The van der Waals surface area contributed by atoms with Gasteiger partial charge in [0.15, 0.2) is 0 Å². The van der Waals surface area contributed by atoms with Gasteiger partial charge in [-0.1, -0.05) is 20.8 Å². The molecule has 1 aliphatic rings. The third-order valence-electron chi connectivity index (χ3n) is 2.49. The van der Waals surface area contributed by atoms with Crippen LogP contribution in [-0.2, 0) is 0 Å². The fraction of sp³-hybridized carbons (Fsp3) is 1.00. The van der Waals surface area contributed by atoms with Crippen molar-refractivity contribution < 1.29 is 0 Å². The van der Waals surface area contributed by atoms with Crippen LogP contribution in [0, 0.1) is 5.41 Å². The highest BCUT2D eigenvalue weighted by Gasteiger charge is 2.28. The molecule has 2 nitrogen and oxygen atoms in total. The van der Waals surface area contributed by atoms with E-state index >= 15 is 0 Å².